The van der Waals surface area contributed by atoms with E-state index in [4.69, 9.17) is 0 Å². The number of phenols is 1. The molecule has 7 heteroatoms. The predicted octanol–water partition coefficient (Wildman–Crippen LogP) is 4.13. The van der Waals surface area contributed by atoms with Crippen molar-refractivity contribution < 1.29 is 9.50 Å². The minimum atomic E-state index is -0.486. The fourth-order valence-electron chi connectivity index (χ4n) is 5.04. The lowest BCUT2D eigenvalue weighted by Crippen LogP contribution is -2.67. The van der Waals surface area contributed by atoms with Gasteiger partial charge in [0.1, 0.15) is 11.6 Å². The lowest BCUT2D eigenvalue weighted by Gasteiger charge is -2.52. The second-order valence-electron chi connectivity index (χ2n) is 10.1. The molecule has 1 aliphatic carbocycles. The van der Waals surface area contributed by atoms with Crippen LogP contribution in [0, 0.1) is 18.7 Å². The van der Waals surface area contributed by atoms with Crippen LogP contribution in [-0.4, -0.2) is 49.4 Å². The number of H-pyrrole nitrogens is 1. The summed E-state index contributed by atoms with van der Waals surface area (Å²) in [6, 6.07) is 6.18. The van der Waals surface area contributed by atoms with Gasteiger partial charge in [-0.05, 0) is 70.2 Å². The van der Waals surface area contributed by atoms with Crippen molar-refractivity contribution in [3.05, 3.63) is 41.3 Å². The summed E-state index contributed by atoms with van der Waals surface area (Å²) >= 11 is 0. The molecule has 1 aliphatic heterocycles. The van der Waals surface area contributed by atoms with E-state index in [0.29, 0.717) is 22.8 Å². The number of piperazine rings is 1. The quantitative estimate of drug-likeness (QED) is 0.588. The van der Waals surface area contributed by atoms with Gasteiger partial charge >= 0.3 is 0 Å². The van der Waals surface area contributed by atoms with Gasteiger partial charge in [0.15, 0.2) is 5.65 Å². The number of phenolic OH excluding ortho intramolecular Hbond substituents is 1. The highest BCUT2D eigenvalue weighted by Crippen LogP contribution is 2.45. The Balaban J connectivity index is 1.60. The van der Waals surface area contributed by atoms with Crippen LogP contribution in [0.5, 0.6) is 5.75 Å². The van der Waals surface area contributed by atoms with Gasteiger partial charge in [-0.1, -0.05) is 0 Å². The molecule has 3 N–H and O–H groups in total. The number of aromatic hydroxyl groups is 1. The van der Waals surface area contributed by atoms with E-state index >= 15 is 0 Å². The number of pyridine rings is 1. The lowest BCUT2D eigenvalue weighted by molar-refractivity contribution is 0.00550. The molecule has 1 aromatic carbocycles. The van der Waals surface area contributed by atoms with Crippen molar-refractivity contribution in [1.82, 2.24) is 25.4 Å². The molecule has 0 unspecified atom stereocenters. The first-order chi connectivity index (χ1) is 14.7. The SMILES string of the molecule is Cc1n[nH]c2nc(-c3ccc(O)cc3F)cc(CN3CC(C)(C)NC[C@]3(C)C3CC3)c12. The van der Waals surface area contributed by atoms with E-state index in [0.717, 1.165) is 42.3 Å². The summed E-state index contributed by atoms with van der Waals surface area (Å²) in [5.74, 6) is 0.122. The van der Waals surface area contributed by atoms with Crippen molar-refractivity contribution >= 4 is 11.0 Å². The molecule has 1 atom stereocenters. The fraction of sp³-hybridized carbons (Fsp3) is 0.500. The summed E-state index contributed by atoms with van der Waals surface area (Å²) in [7, 11) is 0. The van der Waals surface area contributed by atoms with Crippen LogP contribution in [0.2, 0.25) is 0 Å². The van der Waals surface area contributed by atoms with E-state index in [1.165, 1.54) is 18.9 Å². The third-order valence-corrected chi connectivity index (χ3v) is 7.07. The maximum atomic E-state index is 14.6. The second kappa shape index (κ2) is 7.00. The van der Waals surface area contributed by atoms with Gasteiger partial charge < -0.3 is 10.4 Å². The molecule has 5 rings (SSSR count). The van der Waals surface area contributed by atoms with E-state index in [9.17, 15) is 9.50 Å². The van der Waals surface area contributed by atoms with Crippen LogP contribution < -0.4 is 5.32 Å². The highest BCUT2D eigenvalue weighted by Gasteiger charge is 2.49. The maximum Gasteiger partial charge on any atom is 0.156 e. The number of fused-ring (bicyclic) bond motifs is 1. The fourth-order valence-corrected chi connectivity index (χ4v) is 5.04. The third kappa shape index (κ3) is 3.59. The van der Waals surface area contributed by atoms with Crippen LogP contribution in [0.1, 0.15) is 44.9 Å². The Morgan fingerprint density at radius 2 is 2.00 bits per heavy atom. The lowest BCUT2D eigenvalue weighted by atomic mass is 9.85. The summed E-state index contributed by atoms with van der Waals surface area (Å²) in [5.41, 5.74) is 3.70. The molecule has 1 saturated carbocycles. The summed E-state index contributed by atoms with van der Waals surface area (Å²) in [6.07, 6.45) is 2.55. The van der Waals surface area contributed by atoms with Crippen molar-refractivity contribution in [2.24, 2.45) is 5.92 Å². The molecule has 31 heavy (non-hydrogen) atoms. The van der Waals surface area contributed by atoms with E-state index in [2.05, 4.69) is 46.2 Å². The average molecular weight is 424 g/mol. The molecule has 2 aliphatic rings. The molecule has 0 radical (unpaired) electrons. The summed E-state index contributed by atoms with van der Waals surface area (Å²) in [4.78, 5) is 7.25. The van der Waals surface area contributed by atoms with Crippen LogP contribution in [0.3, 0.4) is 0 Å². The monoisotopic (exact) mass is 423 g/mol. The van der Waals surface area contributed by atoms with Crippen molar-refractivity contribution in [2.45, 2.75) is 58.2 Å². The zero-order chi connectivity index (χ0) is 22.0. The van der Waals surface area contributed by atoms with E-state index in [-0.39, 0.29) is 16.8 Å². The number of benzene rings is 1. The number of hydrogen-bond donors (Lipinski definition) is 3. The average Bonchev–Trinajstić information content (AvgIpc) is 3.49. The second-order valence-corrected chi connectivity index (χ2v) is 10.1. The van der Waals surface area contributed by atoms with Gasteiger partial charge in [0.25, 0.3) is 0 Å². The van der Waals surface area contributed by atoms with Gasteiger partial charge in [0.2, 0.25) is 0 Å². The van der Waals surface area contributed by atoms with E-state index < -0.39 is 5.82 Å². The largest absolute Gasteiger partial charge is 0.508 e. The van der Waals surface area contributed by atoms with E-state index in [1.807, 2.05) is 13.0 Å². The van der Waals surface area contributed by atoms with Crippen molar-refractivity contribution in [2.75, 3.05) is 13.1 Å². The van der Waals surface area contributed by atoms with Crippen LogP contribution in [0.4, 0.5) is 4.39 Å². The molecular formula is C24H30FN5O. The van der Waals surface area contributed by atoms with Crippen LogP contribution in [-0.2, 0) is 6.54 Å². The zero-order valence-corrected chi connectivity index (χ0v) is 18.6. The standard InChI is InChI=1S/C24H30FN5O/c1-14-21-15(11-30-13-23(2,3)26-12-24(30,4)16-5-6-16)9-20(27-22(21)29-28-14)18-8-7-17(31)10-19(18)25/h7-10,16,26,31H,5-6,11-13H2,1-4H3,(H,27,28,29)/t24-/m1/s1. The third-order valence-electron chi connectivity index (χ3n) is 7.07. The summed E-state index contributed by atoms with van der Waals surface area (Å²) < 4.78 is 14.6. The van der Waals surface area contributed by atoms with Crippen LogP contribution >= 0.6 is 0 Å². The first-order valence-corrected chi connectivity index (χ1v) is 11.0. The number of aryl methyl sites for hydroxylation is 1. The van der Waals surface area contributed by atoms with Gasteiger partial charge in [0, 0.05) is 47.7 Å². The Bertz CT molecular complexity index is 1150. The molecule has 3 aromatic rings. The Hall–Kier alpha value is -2.51. The Morgan fingerprint density at radius 1 is 1.23 bits per heavy atom. The Kier molecular flexibility index (Phi) is 4.61. The van der Waals surface area contributed by atoms with Crippen LogP contribution in [0.25, 0.3) is 22.3 Å². The number of rotatable bonds is 4. The molecule has 0 amide bonds. The van der Waals surface area contributed by atoms with E-state index in [1.54, 1.807) is 6.07 Å². The first-order valence-electron chi connectivity index (χ1n) is 11.0. The summed E-state index contributed by atoms with van der Waals surface area (Å²) in [5, 5.41) is 21.7. The van der Waals surface area contributed by atoms with Crippen molar-refractivity contribution in [1.29, 1.82) is 0 Å². The van der Waals surface area contributed by atoms with Gasteiger partial charge in [0.05, 0.1) is 11.4 Å². The van der Waals surface area contributed by atoms with Crippen LogP contribution in [0.15, 0.2) is 24.3 Å². The normalized spacial score (nSPS) is 24.0. The molecule has 2 fully saturated rings. The molecular weight excluding hydrogens is 393 g/mol. The predicted molar refractivity (Wildman–Crippen MR) is 119 cm³/mol. The zero-order valence-electron chi connectivity index (χ0n) is 18.6. The molecule has 3 heterocycles. The maximum absolute atomic E-state index is 14.6. The first kappa shape index (κ1) is 20.4. The van der Waals surface area contributed by atoms with Gasteiger partial charge in [-0.25, -0.2) is 9.37 Å². The smallest absolute Gasteiger partial charge is 0.156 e. The van der Waals surface area contributed by atoms with Gasteiger partial charge in [-0.2, -0.15) is 5.10 Å². The molecule has 6 nitrogen and oxygen atoms in total. The molecule has 1 saturated heterocycles. The number of hydrogen-bond acceptors (Lipinski definition) is 5. The topological polar surface area (TPSA) is 77.1 Å². The molecule has 0 bridgehead atoms. The minimum Gasteiger partial charge on any atom is -0.508 e. The number of aromatic amines is 1. The Labute approximate surface area is 181 Å². The van der Waals surface area contributed by atoms with Crippen molar-refractivity contribution in [3.63, 3.8) is 0 Å². The van der Waals surface area contributed by atoms with Gasteiger partial charge in [-0.15, -0.1) is 0 Å². The Morgan fingerprint density at radius 3 is 2.71 bits per heavy atom. The minimum absolute atomic E-state index is 0.0257. The molecule has 2 aromatic heterocycles. The number of nitrogens with zero attached hydrogens (tertiary/aromatic N) is 3. The number of halogens is 1. The summed E-state index contributed by atoms with van der Waals surface area (Å²) in [6.45, 7) is 11.5. The highest BCUT2D eigenvalue weighted by atomic mass is 19.1. The van der Waals surface area contributed by atoms with Crippen molar-refractivity contribution in [3.8, 4) is 17.0 Å². The van der Waals surface area contributed by atoms with Gasteiger partial charge in [-0.3, -0.25) is 10.00 Å². The number of nitrogens with one attached hydrogen (secondary N) is 2. The molecule has 0 spiro atoms. The highest BCUT2D eigenvalue weighted by molar-refractivity contribution is 5.84. The molecule has 164 valence electrons. The number of aromatic nitrogens is 3.